The van der Waals surface area contributed by atoms with Crippen LogP contribution in [0.3, 0.4) is 0 Å². The molecule has 1 aromatic heterocycles. The molecule has 0 spiro atoms. The molecular formula is C26H33N5O. The maximum Gasteiger partial charge on any atom is 0.220 e. The smallest absolute Gasteiger partial charge is 0.220 e. The van der Waals surface area contributed by atoms with Crippen molar-refractivity contribution in [2.75, 3.05) is 13.1 Å². The normalized spacial score (nSPS) is 15.2. The van der Waals surface area contributed by atoms with Crippen LogP contribution in [0.15, 0.2) is 54.6 Å². The number of carbonyl (C=O) groups is 1. The van der Waals surface area contributed by atoms with Gasteiger partial charge in [0, 0.05) is 39.0 Å². The standard InChI is InChI=1S/C26H33N5O/c1-4-24(32)27-25(19(2)3)26-29-28-23-14-15-30(16-17-31(23)26)18-20-10-12-22(13-11-20)21-8-6-5-7-9-21/h5-13,19,25H,4,14-18H2,1-3H3,(H,27,32)/t25-/m0/s1. The molecule has 0 saturated heterocycles. The number of hydrogen-bond donors (Lipinski definition) is 1. The highest BCUT2D eigenvalue weighted by molar-refractivity contribution is 5.75. The number of carbonyl (C=O) groups excluding carboxylic acids is 1. The Hall–Kier alpha value is -2.99. The largest absolute Gasteiger partial charge is 0.346 e. The molecule has 6 nitrogen and oxygen atoms in total. The zero-order valence-corrected chi connectivity index (χ0v) is 19.3. The van der Waals surface area contributed by atoms with Gasteiger partial charge in [0.1, 0.15) is 5.82 Å². The van der Waals surface area contributed by atoms with Gasteiger partial charge in [-0.2, -0.15) is 0 Å². The number of amides is 1. The molecule has 1 aliphatic heterocycles. The van der Waals surface area contributed by atoms with Crippen LogP contribution in [0.5, 0.6) is 0 Å². The van der Waals surface area contributed by atoms with E-state index in [1.165, 1.54) is 16.7 Å². The number of hydrogen-bond acceptors (Lipinski definition) is 4. The SMILES string of the molecule is CCC(=O)N[C@H](c1nnc2n1CCN(Cc1ccc(-c3ccccc3)cc1)CC2)C(C)C. The number of fused-ring (bicyclic) bond motifs is 1. The van der Waals surface area contributed by atoms with Crippen LogP contribution in [0.2, 0.25) is 0 Å². The maximum atomic E-state index is 12.1. The lowest BCUT2D eigenvalue weighted by Crippen LogP contribution is -2.34. The van der Waals surface area contributed by atoms with Crippen molar-refractivity contribution in [1.82, 2.24) is 25.0 Å². The van der Waals surface area contributed by atoms with Crippen LogP contribution in [0.25, 0.3) is 11.1 Å². The fraction of sp³-hybridized carbons (Fsp3) is 0.423. The van der Waals surface area contributed by atoms with Crippen LogP contribution < -0.4 is 5.32 Å². The van der Waals surface area contributed by atoms with Crippen molar-refractivity contribution in [2.45, 2.75) is 52.7 Å². The Kier molecular flexibility index (Phi) is 7.00. The molecular weight excluding hydrogens is 398 g/mol. The van der Waals surface area contributed by atoms with Crippen LogP contribution in [0.1, 0.15) is 50.4 Å². The summed E-state index contributed by atoms with van der Waals surface area (Å²) < 4.78 is 2.22. The lowest BCUT2D eigenvalue weighted by atomic mass is 10.0. The average Bonchev–Trinajstić information content (AvgIpc) is 3.11. The molecule has 1 atom stereocenters. The zero-order chi connectivity index (χ0) is 22.5. The Labute approximate surface area is 190 Å². The Morgan fingerprint density at radius 2 is 1.69 bits per heavy atom. The van der Waals surface area contributed by atoms with Gasteiger partial charge in [-0.15, -0.1) is 10.2 Å². The molecule has 1 amide bonds. The lowest BCUT2D eigenvalue weighted by Gasteiger charge is -2.23. The quantitative estimate of drug-likeness (QED) is 0.608. The molecule has 0 fully saturated rings. The Bertz CT molecular complexity index is 1030. The van der Waals surface area contributed by atoms with Gasteiger partial charge in [0.25, 0.3) is 0 Å². The van der Waals surface area contributed by atoms with Crippen molar-refractivity contribution < 1.29 is 4.79 Å². The van der Waals surface area contributed by atoms with Crippen LogP contribution in [-0.4, -0.2) is 38.7 Å². The summed E-state index contributed by atoms with van der Waals surface area (Å²) in [5.74, 6) is 2.20. The van der Waals surface area contributed by atoms with E-state index in [0.29, 0.717) is 6.42 Å². The Balaban J connectivity index is 1.43. The van der Waals surface area contributed by atoms with E-state index in [4.69, 9.17) is 0 Å². The average molecular weight is 432 g/mol. The van der Waals surface area contributed by atoms with Crippen molar-refractivity contribution in [3.05, 3.63) is 71.8 Å². The first kappa shape index (κ1) is 22.2. The zero-order valence-electron chi connectivity index (χ0n) is 19.3. The molecule has 2 aromatic carbocycles. The second kappa shape index (κ2) is 10.1. The monoisotopic (exact) mass is 431 g/mol. The molecule has 0 saturated carbocycles. The highest BCUT2D eigenvalue weighted by Crippen LogP contribution is 2.24. The van der Waals surface area contributed by atoms with Gasteiger partial charge in [0.05, 0.1) is 6.04 Å². The molecule has 0 unspecified atom stereocenters. The van der Waals surface area contributed by atoms with Gasteiger partial charge >= 0.3 is 0 Å². The molecule has 4 rings (SSSR count). The van der Waals surface area contributed by atoms with E-state index in [-0.39, 0.29) is 17.9 Å². The first-order valence-corrected chi connectivity index (χ1v) is 11.6. The molecule has 1 N–H and O–H groups in total. The van der Waals surface area contributed by atoms with Crippen molar-refractivity contribution in [2.24, 2.45) is 5.92 Å². The second-order valence-electron chi connectivity index (χ2n) is 8.86. The van der Waals surface area contributed by atoms with E-state index in [1.54, 1.807) is 0 Å². The van der Waals surface area contributed by atoms with Crippen molar-refractivity contribution in [3.8, 4) is 11.1 Å². The third kappa shape index (κ3) is 5.07. The number of nitrogens with one attached hydrogen (secondary N) is 1. The highest BCUT2D eigenvalue weighted by Gasteiger charge is 2.27. The summed E-state index contributed by atoms with van der Waals surface area (Å²) in [4.78, 5) is 14.5. The summed E-state index contributed by atoms with van der Waals surface area (Å²) in [5, 5.41) is 12.1. The van der Waals surface area contributed by atoms with Gasteiger partial charge in [-0.05, 0) is 22.6 Å². The number of aromatic nitrogens is 3. The van der Waals surface area contributed by atoms with Gasteiger partial charge in [0.15, 0.2) is 5.82 Å². The Morgan fingerprint density at radius 3 is 2.38 bits per heavy atom. The van der Waals surface area contributed by atoms with E-state index in [9.17, 15) is 4.79 Å². The maximum absolute atomic E-state index is 12.1. The molecule has 168 valence electrons. The van der Waals surface area contributed by atoms with E-state index in [2.05, 4.69) is 87.4 Å². The first-order chi connectivity index (χ1) is 15.5. The van der Waals surface area contributed by atoms with Crippen molar-refractivity contribution in [1.29, 1.82) is 0 Å². The van der Waals surface area contributed by atoms with Crippen LogP contribution >= 0.6 is 0 Å². The predicted octanol–water partition coefficient (Wildman–Crippen LogP) is 4.23. The lowest BCUT2D eigenvalue weighted by molar-refractivity contribution is -0.121. The molecule has 6 heteroatoms. The fourth-order valence-electron chi connectivity index (χ4n) is 4.27. The van der Waals surface area contributed by atoms with Crippen LogP contribution in [-0.2, 0) is 24.3 Å². The minimum atomic E-state index is -0.110. The minimum absolute atomic E-state index is 0.0512. The second-order valence-corrected chi connectivity index (χ2v) is 8.86. The van der Waals surface area contributed by atoms with Gasteiger partial charge in [-0.25, -0.2) is 0 Å². The van der Waals surface area contributed by atoms with E-state index in [0.717, 1.165) is 44.2 Å². The van der Waals surface area contributed by atoms with Gasteiger partial charge in [-0.1, -0.05) is 75.4 Å². The third-order valence-corrected chi connectivity index (χ3v) is 6.20. The first-order valence-electron chi connectivity index (χ1n) is 11.6. The Morgan fingerprint density at radius 1 is 0.969 bits per heavy atom. The van der Waals surface area contributed by atoms with Crippen LogP contribution in [0, 0.1) is 5.92 Å². The molecule has 32 heavy (non-hydrogen) atoms. The summed E-state index contributed by atoms with van der Waals surface area (Å²) >= 11 is 0. The van der Waals surface area contributed by atoms with E-state index >= 15 is 0 Å². The van der Waals surface area contributed by atoms with Crippen LogP contribution in [0.4, 0.5) is 0 Å². The summed E-state index contributed by atoms with van der Waals surface area (Å²) in [6.07, 6.45) is 1.34. The topological polar surface area (TPSA) is 63.1 Å². The summed E-state index contributed by atoms with van der Waals surface area (Å²) in [5.41, 5.74) is 3.81. The molecule has 1 aliphatic rings. The van der Waals surface area contributed by atoms with Crippen molar-refractivity contribution >= 4 is 5.91 Å². The van der Waals surface area contributed by atoms with Gasteiger partial charge < -0.3 is 9.88 Å². The number of nitrogens with zero attached hydrogens (tertiary/aromatic N) is 4. The summed E-state index contributed by atoms with van der Waals surface area (Å²) in [6.45, 7) is 9.75. The predicted molar refractivity (Wildman–Crippen MR) is 127 cm³/mol. The molecule has 0 aliphatic carbocycles. The highest BCUT2D eigenvalue weighted by atomic mass is 16.1. The number of rotatable bonds is 7. The summed E-state index contributed by atoms with van der Waals surface area (Å²) in [6, 6.07) is 19.2. The van der Waals surface area contributed by atoms with Gasteiger partial charge in [0.2, 0.25) is 5.91 Å². The molecule has 0 radical (unpaired) electrons. The van der Waals surface area contributed by atoms with Crippen molar-refractivity contribution in [3.63, 3.8) is 0 Å². The summed E-state index contributed by atoms with van der Waals surface area (Å²) in [7, 11) is 0. The fourth-order valence-corrected chi connectivity index (χ4v) is 4.27. The minimum Gasteiger partial charge on any atom is -0.346 e. The third-order valence-electron chi connectivity index (χ3n) is 6.20. The van der Waals surface area contributed by atoms with Gasteiger partial charge in [-0.3, -0.25) is 9.69 Å². The molecule has 0 bridgehead atoms. The van der Waals surface area contributed by atoms with E-state index < -0.39 is 0 Å². The molecule has 2 heterocycles. The number of benzene rings is 2. The molecule has 3 aromatic rings. The van der Waals surface area contributed by atoms with E-state index in [1.807, 2.05) is 13.0 Å².